The van der Waals surface area contributed by atoms with E-state index in [1.54, 1.807) is 11.3 Å². The van der Waals surface area contributed by atoms with Gasteiger partial charge >= 0.3 is 0 Å². The minimum atomic E-state index is -0.0873. The number of hydrogen-bond donors (Lipinski definition) is 1. The number of nitrogens with zero attached hydrogens (tertiary/aromatic N) is 1. The molecule has 1 aromatic heterocycles. The third-order valence-electron chi connectivity index (χ3n) is 2.80. The summed E-state index contributed by atoms with van der Waals surface area (Å²) in [5.74, 6) is -0.0873. The molecule has 0 unspecified atom stereocenters. The molecule has 1 amide bonds. The van der Waals surface area contributed by atoms with E-state index in [1.165, 1.54) is 11.8 Å². The van der Waals surface area contributed by atoms with Gasteiger partial charge in [-0.15, -0.1) is 11.3 Å². The fourth-order valence-corrected chi connectivity index (χ4v) is 3.34. The number of carbonyl (C=O) groups is 1. The van der Waals surface area contributed by atoms with Gasteiger partial charge in [-0.25, -0.2) is 4.99 Å². The first-order chi connectivity index (χ1) is 9.72. The van der Waals surface area contributed by atoms with Crippen molar-refractivity contribution >= 4 is 45.9 Å². The van der Waals surface area contributed by atoms with Crippen LogP contribution < -0.4 is 5.32 Å². The molecule has 0 spiro atoms. The number of aryl methyl sites for hydroxylation is 1. The molecular weight excluding hydrogens is 288 g/mol. The SMILES string of the molecule is Cc1ccccc1N=C1NC(=O)/C(=C/c2cccs2)S1. The lowest BCUT2D eigenvalue weighted by molar-refractivity contribution is -0.115. The third kappa shape index (κ3) is 2.84. The molecule has 0 aliphatic carbocycles. The highest BCUT2D eigenvalue weighted by Crippen LogP contribution is 2.29. The van der Waals surface area contributed by atoms with Crippen molar-refractivity contribution in [2.75, 3.05) is 0 Å². The van der Waals surface area contributed by atoms with Crippen LogP contribution in [-0.4, -0.2) is 11.1 Å². The Bertz CT molecular complexity index is 702. The number of amidine groups is 1. The predicted molar refractivity (Wildman–Crippen MR) is 86.3 cm³/mol. The highest BCUT2D eigenvalue weighted by molar-refractivity contribution is 8.18. The number of hydrogen-bond acceptors (Lipinski definition) is 4. The summed E-state index contributed by atoms with van der Waals surface area (Å²) >= 11 is 2.99. The van der Waals surface area contributed by atoms with Gasteiger partial charge in [-0.05, 0) is 47.8 Å². The van der Waals surface area contributed by atoms with Crippen molar-refractivity contribution in [3.8, 4) is 0 Å². The van der Waals surface area contributed by atoms with Crippen molar-refractivity contribution in [2.45, 2.75) is 6.92 Å². The summed E-state index contributed by atoms with van der Waals surface area (Å²) < 4.78 is 0. The Labute approximate surface area is 125 Å². The zero-order valence-electron chi connectivity index (χ0n) is 10.8. The molecule has 2 aromatic rings. The number of aliphatic imine (C=N–C) groups is 1. The summed E-state index contributed by atoms with van der Waals surface area (Å²) in [6, 6.07) is 11.8. The van der Waals surface area contributed by atoms with E-state index in [0.717, 1.165) is 16.1 Å². The Morgan fingerprint density at radius 2 is 2.05 bits per heavy atom. The van der Waals surface area contributed by atoms with Crippen molar-refractivity contribution in [3.05, 3.63) is 57.1 Å². The first-order valence-corrected chi connectivity index (χ1v) is 7.81. The van der Waals surface area contributed by atoms with Crippen LogP contribution in [-0.2, 0) is 4.79 Å². The molecule has 1 fully saturated rings. The van der Waals surface area contributed by atoms with Crippen LogP contribution in [0.25, 0.3) is 6.08 Å². The molecule has 20 heavy (non-hydrogen) atoms. The smallest absolute Gasteiger partial charge is 0.264 e. The van der Waals surface area contributed by atoms with Crippen molar-refractivity contribution in [3.63, 3.8) is 0 Å². The Hall–Kier alpha value is -1.85. The second-order valence-electron chi connectivity index (χ2n) is 4.28. The van der Waals surface area contributed by atoms with E-state index in [-0.39, 0.29) is 5.91 Å². The number of amides is 1. The lowest BCUT2D eigenvalue weighted by Gasteiger charge is -1.99. The molecule has 1 aliphatic heterocycles. The molecule has 3 nitrogen and oxygen atoms in total. The van der Waals surface area contributed by atoms with Crippen LogP contribution in [0.2, 0.25) is 0 Å². The Balaban J connectivity index is 1.85. The molecule has 1 aliphatic rings. The van der Waals surface area contributed by atoms with Gasteiger partial charge in [0.1, 0.15) is 0 Å². The highest BCUT2D eigenvalue weighted by Gasteiger charge is 2.23. The number of nitrogens with one attached hydrogen (secondary N) is 1. The standard InChI is InChI=1S/C15H12N2OS2/c1-10-5-2-3-7-12(10)16-15-17-14(18)13(20-15)9-11-6-4-8-19-11/h2-9H,1H3,(H,16,17,18)/b13-9-. The highest BCUT2D eigenvalue weighted by atomic mass is 32.2. The summed E-state index contributed by atoms with van der Waals surface area (Å²) in [4.78, 5) is 18.2. The second-order valence-corrected chi connectivity index (χ2v) is 6.29. The van der Waals surface area contributed by atoms with E-state index in [0.29, 0.717) is 10.1 Å². The van der Waals surface area contributed by atoms with Crippen molar-refractivity contribution < 1.29 is 4.79 Å². The van der Waals surface area contributed by atoms with Crippen LogP contribution in [0.3, 0.4) is 0 Å². The monoisotopic (exact) mass is 300 g/mol. The minimum absolute atomic E-state index is 0.0873. The average Bonchev–Trinajstić information content (AvgIpc) is 3.04. The first-order valence-electron chi connectivity index (χ1n) is 6.11. The summed E-state index contributed by atoms with van der Waals surface area (Å²) in [5.41, 5.74) is 1.97. The molecule has 1 aromatic carbocycles. The summed E-state index contributed by atoms with van der Waals surface area (Å²) in [6.45, 7) is 2.00. The van der Waals surface area contributed by atoms with E-state index in [9.17, 15) is 4.79 Å². The number of benzene rings is 1. The van der Waals surface area contributed by atoms with Crippen LogP contribution in [0, 0.1) is 6.92 Å². The first kappa shape index (κ1) is 13.1. The summed E-state index contributed by atoms with van der Waals surface area (Å²) in [6.07, 6.45) is 1.89. The molecule has 0 saturated carbocycles. The van der Waals surface area contributed by atoms with E-state index in [2.05, 4.69) is 10.3 Å². The molecular formula is C15H12N2OS2. The average molecular weight is 300 g/mol. The minimum Gasteiger partial charge on any atom is -0.300 e. The molecule has 0 radical (unpaired) electrons. The van der Waals surface area contributed by atoms with E-state index < -0.39 is 0 Å². The molecule has 100 valence electrons. The topological polar surface area (TPSA) is 41.5 Å². The maximum Gasteiger partial charge on any atom is 0.264 e. The third-order valence-corrected chi connectivity index (χ3v) is 4.53. The zero-order valence-corrected chi connectivity index (χ0v) is 12.4. The number of para-hydroxylation sites is 1. The Morgan fingerprint density at radius 3 is 2.80 bits per heavy atom. The van der Waals surface area contributed by atoms with Crippen LogP contribution in [0.5, 0.6) is 0 Å². The maximum absolute atomic E-state index is 11.9. The second kappa shape index (κ2) is 5.64. The fourth-order valence-electron chi connectivity index (χ4n) is 1.78. The summed E-state index contributed by atoms with van der Waals surface area (Å²) in [7, 11) is 0. The molecule has 2 heterocycles. The predicted octanol–water partition coefficient (Wildman–Crippen LogP) is 3.95. The van der Waals surface area contributed by atoms with E-state index >= 15 is 0 Å². The van der Waals surface area contributed by atoms with Crippen molar-refractivity contribution in [2.24, 2.45) is 4.99 Å². The van der Waals surface area contributed by atoms with Gasteiger partial charge in [0.15, 0.2) is 5.17 Å². The van der Waals surface area contributed by atoms with Gasteiger partial charge in [0.2, 0.25) is 0 Å². The molecule has 1 N–H and O–H groups in total. The van der Waals surface area contributed by atoms with E-state index in [4.69, 9.17) is 0 Å². The van der Waals surface area contributed by atoms with Crippen LogP contribution >= 0.6 is 23.1 Å². The normalized spacial score (nSPS) is 18.8. The number of carbonyl (C=O) groups excluding carboxylic acids is 1. The molecule has 3 rings (SSSR count). The van der Waals surface area contributed by atoms with Crippen LogP contribution in [0.1, 0.15) is 10.4 Å². The van der Waals surface area contributed by atoms with Crippen molar-refractivity contribution in [1.29, 1.82) is 0 Å². The van der Waals surface area contributed by atoms with Gasteiger partial charge in [-0.1, -0.05) is 24.3 Å². The maximum atomic E-state index is 11.9. The molecule has 0 bridgehead atoms. The largest absolute Gasteiger partial charge is 0.300 e. The number of thiophene rings is 1. The quantitative estimate of drug-likeness (QED) is 0.853. The fraction of sp³-hybridized carbons (Fsp3) is 0.0667. The van der Waals surface area contributed by atoms with Gasteiger partial charge in [-0.3, -0.25) is 4.79 Å². The van der Waals surface area contributed by atoms with E-state index in [1.807, 2.05) is 54.8 Å². The molecule has 0 atom stereocenters. The lowest BCUT2D eigenvalue weighted by atomic mass is 10.2. The summed E-state index contributed by atoms with van der Waals surface area (Å²) in [5, 5.41) is 5.43. The molecule has 1 saturated heterocycles. The van der Waals surface area contributed by atoms with Crippen LogP contribution in [0.4, 0.5) is 5.69 Å². The number of thioether (sulfide) groups is 1. The van der Waals surface area contributed by atoms with Gasteiger partial charge in [-0.2, -0.15) is 0 Å². The zero-order chi connectivity index (χ0) is 13.9. The van der Waals surface area contributed by atoms with Crippen LogP contribution in [0.15, 0.2) is 51.7 Å². The van der Waals surface area contributed by atoms with Crippen molar-refractivity contribution in [1.82, 2.24) is 5.32 Å². The Morgan fingerprint density at radius 1 is 1.20 bits per heavy atom. The Kier molecular flexibility index (Phi) is 3.71. The van der Waals surface area contributed by atoms with Gasteiger partial charge in [0.25, 0.3) is 5.91 Å². The number of rotatable bonds is 2. The van der Waals surface area contributed by atoms with Gasteiger partial charge in [0.05, 0.1) is 10.6 Å². The van der Waals surface area contributed by atoms with Gasteiger partial charge < -0.3 is 5.32 Å². The molecule has 5 heteroatoms. The van der Waals surface area contributed by atoms with Gasteiger partial charge in [0, 0.05) is 4.88 Å². The lowest BCUT2D eigenvalue weighted by Crippen LogP contribution is -2.19.